The summed E-state index contributed by atoms with van der Waals surface area (Å²) in [5.41, 5.74) is -0.318. The summed E-state index contributed by atoms with van der Waals surface area (Å²) in [7, 11) is 0. The van der Waals surface area contributed by atoms with Crippen LogP contribution in [0.5, 0.6) is 0 Å². The number of halogens is 1. The van der Waals surface area contributed by atoms with Gasteiger partial charge in [-0.3, -0.25) is 15.1 Å². The summed E-state index contributed by atoms with van der Waals surface area (Å²) in [5, 5.41) is 10.9. The highest BCUT2D eigenvalue weighted by atomic mass is 19.1. The number of rotatable bonds is 3. The van der Waals surface area contributed by atoms with Crippen LogP contribution in [0.25, 0.3) is 0 Å². The van der Waals surface area contributed by atoms with Crippen LogP contribution in [-0.4, -0.2) is 46.0 Å². The molecular formula is C21H18FN3O5. The molecule has 30 heavy (non-hydrogen) atoms. The highest BCUT2D eigenvalue weighted by molar-refractivity contribution is 5.95. The SMILES string of the molecule is O=C(O)Nc1ccc(C2(C(=O)N3CC[C@@]4(C3)OC(=O)c3cnccc34)CC2)c(F)c1. The van der Waals surface area contributed by atoms with Crippen LogP contribution in [0.3, 0.4) is 0 Å². The number of ether oxygens (including phenoxy) is 1. The standard InChI is InChI=1S/C21H18FN3O5/c22-16-9-12(24-19(28)29)1-2-15(16)20(4-5-20)18(27)25-8-6-21(11-25)14-3-7-23-10-13(14)17(26)30-21/h1-3,7,9-10,24H,4-6,8,11H2,(H,28,29)/t21-/m0/s1. The van der Waals surface area contributed by atoms with Crippen LogP contribution in [0.4, 0.5) is 14.9 Å². The van der Waals surface area contributed by atoms with Crippen LogP contribution >= 0.6 is 0 Å². The third kappa shape index (κ3) is 2.65. The number of carbonyl (C=O) groups excluding carboxylic acids is 2. The molecule has 1 atom stereocenters. The maximum Gasteiger partial charge on any atom is 0.409 e. The van der Waals surface area contributed by atoms with Crippen LogP contribution in [0.15, 0.2) is 36.7 Å². The highest BCUT2D eigenvalue weighted by Gasteiger charge is 2.58. The van der Waals surface area contributed by atoms with Gasteiger partial charge in [-0.15, -0.1) is 0 Å². The Labute approximate surface area is 170 Å². The number of amides is 2. The minimum absolute atomic E-state index is 0.107. The monoisotopic (exact) mass is 411 g/mol. The van der Waals surface area contributed by atoms with Crippen LogP contribution in [-0.2, 0) is 20.5 Å². The summed E-state index contributed by atoms with van der Waals surface area (Å²) in [6, 6.07) is 5.75. The molecule has 2 aromatic rings. The van der Waals surface area contributed by atoms with E-state index in [1.165, 1.54) is 18.3 Å². The number of likely N-dealkylation sites (tertiary alicyclic amines) is 1. The van der Waals surface area contributed by atoms with Crippen molar-refractivity contribution < 1.29 is 28.6 Å². The van der Waals surface area contributed by atoms with E-state index in [1.807, 2.05) is 0 Å². The van der Waals surface area contributed by atoms with Crippen molar-refractivity contribution in [2.45, 2.75) is 30.3 Å². The number of fused-ring (bicyclic) bond motifs is 2. The molecule has 2 fully saturated rings. The molecule has 1 saturated carbocycles. The lowest BCUT2D eigenvalue weighted by molar-refractivity contribution is -0.134. The average molecular weight is 411 g/mol. The minimum Gasteiger partial charge on any atom is -0.465 e. The fraction of sp³-hybridized carbons (Fsp3) is 0.333. The molecular weight excluding hydrogens is 393 g/mol. The van der Waals surface area contributed by atoms with Crippen LogP contribution in [0.2, 0.25) is 0 Å². The summed E-state index contributed by atoms with van der Waals surface area (Å²) >= 11 is 0. The lowest BCUT2D eigenvalue weighted by Gasteiger charge is -2.27. The van der Waals surface area contributed by atoms with Crippen molar-refractivity contribution in [3.8, 4) is 0 Å². The molecule has 2 aliphatic heterocycles. The number of anilines is 1. The number of nitrogens with zero attached hydrogens (tertiary/aromatic N) is 2. The minimum atomic E-state index is -1.29. The number of nitrogens with one attached hydrogen (secondary N) is 1. The van der Waals surface area contributed by atoms with Gasteiger partial charge >= 0.3 is 12.1 Å². The predicted molar refractivity (Wildman–Crippen MR) is 101 cm³/mol. The molecule has 2 N–H and O–H groups in total. The molecule has 1 aliphatic carbocycles. The maximum atomic E-state index is 14.7. The quantitative estimate of drug-likeness (QED) is 0.752. The number of aromatic nitrogens is 1. The number of carbonyl (C=O) groups is 3. The van der Waals surface area contributed by atoms with Crippen molar-refractivity contribution in [1.29, 1.82) is 0 Å². The van der Waals surface area contributed by atoms with E-state index in [-0.39, 0.29) is 23.7 Å². The smallest absolute Gasteiger partial charge is 0.409 e. The van der Waals surface area contributed by atoms with E-state index in [2.05, 4.69) is 10.3 Å². The molecule has 2 amide bonds. The first-order chi connectivity index (χ1) is 14.3. The molecule has 1 spiro atoms. The molecule has 1 aromatic heterocycles. The lowest BCUT2D eigenvalue weighted by atomic mass is 9.92. The summed E-state index contributed by atoms with van der Waals surface area (Å²) in [6.45, 7) is 0.618. The number of pyridine rings is 1. The van der Waals surface area contributed by atoms with Crippen molar-refractivity contribution in [3.05, 3.63) is 59.2 Å². The van der Waals surface area contributed by atoms with Crippen LogP contribution in [0.1, 0.15) is 40.7 Å². The molecule has 0 bridgehead atoms. The fourth-order valence-corrected chi connectivity index (χ4v) is 4.63. The number of esters is 1. The van der Waals surface area contributed by atoms with E-state index in [0.29, 0.717) is 31.4 Å². The summed E-state index contributed by atoms with van der Waals surface area (Å²) < 4.78 is 20.4. The molecule has 1 aromatic carbocycles. The average Bonchev–Trinajstić information content (AvgIpc) is 3.32. The van der Waals surface area contributed by atoms with Gasteiger partial charge in [0.15, 0.2) is 5.60 Å². The molecule has 0 radical (unpaired) electrons. The number of hydrogen-bond acceptors (Lipinski definition) is 5. The number of hydrogen-bond donors (Lipinski definition) is 2. The normalized spacial score (nSPS) is 23.2. The summed E-state index contributed by atoms with van der Waals surface area (Å²) in [5.74, 6) is -1.26. The topological polar surface area (TPSA) is 109 Å². The molecule has 0 unspecified atom stereocenters. The lowest BCUT2D eigenvalue weighted by Crippen LogP contribution is -2.40. The fourth-order valence-electron chi connectivity index (χ4n) is 4.63. The number of carboxylic acid groups (broad SMARTS) is 1. The molecule has 9 heteroatoms. The molecule has 5 rings (SSSR count). The molecule has 8 nitrogen and oxygen atoms in total. The predicted octanol–water partition coefficient (Wildman–Crippen LogP) is 2.64. The summed E-state index contributed by atoms with van der Waals surface area (Å²) in [4.78, 5) is 42.0. The second kappa shape index (κ2) is 6.25. The van der Waals surface area contributed by atoms with Crippen molar-refractivity contribution in [3.63, 3.8) is 0 Å². The van der Waals surface area contributed by atoms with Crippen LogP contribution < -0.4 is 5.32 Å². The second-order valence-corrected chi connectivity index (χ2v) is 7.99. The van der Waals surface area contributed by atoms with Crippen molar-refractivity contribution in [2.75, 3.05) is 18.4 Å². The Kier molecular flexibility index (Phi) is 3.86. The van der Waals surface area contributed by atoms with Gasteiger partial charge in [-0.2, -0.15) is 0 Å². The van der Waals surface area contributed by atoms with Gasteiger partial charge in [-0.25, -0.2) is 14.0 Å². The summed E-state index contributed by atoms with van der Waals surface area (Å²) in [6.07, 6.45) is 3.28. The Hall–Kier alpha value is -3.49. The zero-order valence-electron chi connectivity index (χ0n) is 15.9. The first kappa shape index (κ1) is 18.5. The van der Waals surface area contributed by atoms with Gasteiger partial charge in [0.1, 0.15) is 5.82 Å². The van der Waals surface area contributed by atoms with Crippen molar-refractivity contribution in [1.82, 2.24) is 9.88 Å². The van der Waals surface area contributed by atoms with Crippen molar-refractivity contribution in [2.24, 2.45) is 0 Å². The van der Waals surface area contributed by atoms with E-state index >= 15 is 0 Å². The van der Waals surface area contributed by atoms with E-state index in [4.69, 9.17) is 9.84 Å². The van der Waals surface area contributed by atoms with Gasteiger partial charge in [0, 0.05) is 42.2 Å². The van der Waals surface area contributed by atoms with Gasteiger partial charge in [0.05, 0.1) is 17.5 Å². The Bertz CT molecular complexity index is 1100. The third-order valence-electron chi connectivity index (χ3n) is 6.23. The molecule has 3 heterocycles. The van der Waals surface area contributed by atoms with Crippen molar-refractivity contribution >= 4 is 23.7 Å². The van der Waals surface area contributed by atoms with Gasteiger partial charge in [-0.05, 0) is 31.0 Å². The molecule has 3 aliphatic rings. The second-order valence-electron chi connectivity index (χ2n) is 7.99. The van der Waals surface area contributed by atoms with Gasteiger partial charge in [0.25, 0.3) is 0 Å². The Morgan fingerprint density at radius 1 is 1.20 bits per heavy atom. The maximum absolute atomic E-state index is 14.7. The van der Waals surface area contributed by atoms with Crippen LogP contribution in [0, 0.1) is 5.82 Å². The first-order valence-electron chi connectivity index (χ1n) is 9.62. The van der Waals surface area contributed by atoms with E-state index in [0.717, 1.165) is 11.6 Å². The zero-order chi connectivity index (χ0) is 21.1. The zero-order valence-corrected chi connectivity index (χ0v) is 15.9. The largest absolute Gasteiger partial charge is 0.465 e. The van der Waals surface area contributed by atoms with E-state index < -0.39 is 28.9 Å². The van der Waals surface area contributed by atoms with Gasteiger partial charge in [0.2, 0.25) is 5.91 Å². The van der Waals surface area contributed by atoms with E-state index in [1.54, 1.807) is 17.2 Å². The molecule has 154 valence electrons. The first-order valence-corrected chi connectivity index (χ1v) is 9.62. The van der Waals surface area contributed by atoms with Gasteiger partial charge in [-0.1, -0.05) is 6.07 Å². The van der Waals surface area contributed by atoms with E-state index in [9.17, 15) is 18.8 Å². The Morgan fingerprint density at radius 3 is 2.70 bits per heavy atom. The third-order valence-corrected chi connectivity index (χ3v) is 6.23. The van der Waals surface area contributed by atoms with Gasteiger partial charge < -0.3 is 14.7 Å². The molecule has 1 saturated heterocycles. The number of benzene rings is 1. The highest BCUT2D eigenvalue weighted by Crippen LogP contribution is 2.52. The Morgan fingerprint density at radius 2 is 2.00 bits per heavy atom. The Balaban J connectivity index is 1.40.